The van der Waals surface area contributed by atoms with Gasteiger partial charge in [0.05, 0.1) is 0 Å². The van der Waals surface area contributed by atoms with Crippen LogP contribution in [0.1, 0.15) is 226 Å². The van der Waals surface area contributed by atoms with Crippen LogP contribution in [-0.2, 0) is 28.6 Å². The predicted molar refractivity (Wildman–Crippen MR) is 288 cm³/mol. The zero-order valence-corrected chi connectivity index (χ0v) is 43.1. The van der Waals surface area contributed by atoms with Gasteiger partial charge in [0.1, 0.15) is 13.2 Å². The Hall–Kier alpha value is -4.19. The number of hydrogen-bond donors (Lipinski definition) is 0. The third kappa shape index (κ3) is 52.6. The molecule has 0 N–H and O–H groups in total. The Labute approximate surface area is 412 Å². The van der Waals surface area contributed by atoms with E-state index in [-0.39, 0.29) is 37.5 Å². The van der Waals surface area contributed by atoms with Crippen LogP contribution in [0, 0.1) is 0 Å². The third-order valence-corrected chi connectivity index (χ3v) is 10.9. The molecule has 0 aromatic rings. The SMILES string of the molecule is CC/C=C\C/C=C\C/C=C\C/C=C\CCCCC(=O)OC(COC(=O)CCCCCC/C=C\C/C=C\C/C=C\CCCCC)COC(=O)CCCCCC/C=C\C/C=C\C/C=C\CCCCC. The molecule has 0 spiro atoms. The normalized spacial score (nSPS) is 12.7. The molecule has 67 heavy (non-hydrogen) atoms. The molecule has 0 aliphatic carbocycles. The molecule has 0 heterocycles. The number of esters is 3. The van der Waals surface area contributed by atoms with Gasteiger partial charge < -0.3 is 14.2 Å². The van der Waals surface area contributed by atoms with Crippen molar-refractivity contribution in [2.75, 3.05) is 13.2 Å². The molecule has 0 bridgehead atoms. The first-order valence-electron chi connectivity index (χ1n) is 27.0. The van der Waals surface area contributed by atoms with Crippen molar-refractivity contribution in [2.24, 2.45) is 0 Å². The van der Waals surface area contributed by atoms with E-state index in [0.29, 0.717) is 19.3 Å². The van der Waals surface area contributed by atoms with Gasteiger partial charge in [0, 0.05) is 19.3 Å². The van der Waals surface area contributed by atoms with Crippen LogP contribution in [0.2, 0.25) is 0 Å². The summed E-state index contributed by atoms with van der Waals surface area (Å²) in [5, 5.41) is 0. The van der Waals surface area contributed by atoms with Gasteiger partial charge in [0.2, 0.25) is 0 Å². The van der Waals surface area contributed by atoms with E-state index in [2.05, 4.69) is 142 Å². The lowest BCUT2D eigenvalue weighted by Crippen LogP contribution is -2.30. The fourth-order valence-corrected chi connectivity index (χ4v) is 6.86. The molecular formula is C61H98O6. The Kier molecular flexibility index (Phi) is 51.0. The lowest BCUT2D eigenvalue weighted by molar-refractivity contribution is -0.167. The van der Waals surface area contributed by atoms with E-state index < -0.39 is 6.10 Å². The Morgan fingerprint density at radius 3 is 0.925 bits per heavy atom. The van der Waals surface area contributed by atoms with Crippen LogP contribution in [0.25, 0.3) is 0 Å². The molecule has 0 amide bonds. The van der Waals surface area contributed by atoms with Crippen molar-refractivity contribution in [3.8, 4) is 0 Å². The molecule has 0 saturated heterocycles. The Balaban J connectivity index is 4.55. The highest BCUT2D eigenvalue weighted by Gasteiger charge is 2.19. The Morgan fingerprint density at radius 1 is 0.313 bits per heavy atom. The molecule has 0 unspecified atom stereocenters. The molecule has 0 saturated carbocycles. The number of ether oxygens (including phenoxy) is 3. The van der Waals surface area contributed by atoms with E-state index in [1.807, 2.05) is 0 Å². The minimum Gasteiger partial charge on any atom is -0.462 e. The average molecular weight is 927 g/mol. The topological polar surface area (TPSA) is 78.9 Å². The predicted octanol–water partition coefficient (Wildman–Crippen LogP) is 18.1. The average Bonchev–Trinajstić information content (AvgIpc) is 3.33. The molecule has 0 aromatic carbocycles. The maximum Gasteiger partial charge on any atom is 0.306 e. The van der Waals surface area contributed by atoms with Crippen LogP contribution in [0.15, 0.2) is 122 Å². The van der Waals surface area contributed by atoms with Gasteiger partial charge in [0.25, 0.3) is 0 Å². The summed E-state index contributed by atoms with van der Waals surface area (Å²) in [4.78, 5) is 38.1. The smallest absolute Gasteiger partial charge is 0.306 e. The monoisotopic (exact) mass is 927 g/mol. The van der Waals surface area contributed by atoms with Gasteiger partial charge in [-0.05, 0) is 135 Å². The number of hydrogen-bond acceptors (Lipinski definition) is 6. The van der Waals surface area contributed by atoms with Gasteiger partial charge in [-0.25, -0.2) is 0 Å². The van der Waals surface area contributed by atoms with Crippen LogP contribution in [0.4, 0.5) is 0 Å². The standard InChI is InChI=1S/C61H98O6/c1-4-7-10-13-16-19-22-25-28-30-33-35-38-41-44-47-50-53-59(62)65-56-58(67-61(64)55-52-49-46-43-40-37-32-27-24-21-18-15-12-9-6-3)57-66-60(63)54-51-48-45-42-39-36-34-31-29-26-23-20-17-14-11-8-5-2/h9,12,16-21,25-29,32-36,40,43,58H,4-8,10-11,13-15,22-24,30-31,37-39,41-42,44-57H2,1-3H3/b12-9-,19-16-,20-17-,21-18-,28-25-,29-26-,32-27-,35-33-,36-34-,43-40-. The zero-order chi connectivity index (χ0) is 48.6. The molecule has 0 radical (unpaired) electrons. The fourth-order valence-electron chi connectivity index (χ4n) is 6.86. The summed E-state index contributed by atoms with van der Waals surface area (Å²) in [6, 6.07) is 0. The van der Waals surface area contributed by atoms with E-state index in [4.69, 9.17) is 14.2 Å². The second-order valence-corrected chi connectivity index (χ2v) is 17.4. The summed E-state index contributed by atoms with van der Waals surface area (Å²) in [6.07, 6.45) is 74.6. The molecule has 0 aromatic heterocycles. The van der Waals surface area contributed by atoms with Gasteiger partial charge in [-0.3, -0.25) is 14.4 Å². The van der Waals surface area contributed by atoms with Crippen molar-refractivity contribution in [1.29, 1.82) is 0 Å². The second kappa shape index (κ2) is 54.4. The highest BCUT2D eigenvalue weighted by Crippen LogP contribution is 2.12. The van der Waals surface area contributed by atoms with Crippen molar-refractivity contribution in [3.05, 3.63) is 122 Å². The third-order valence-electron chi connectivity index (χ3n) is 10.9. The Morgan fingerprint density at radius 2 is 0.582 bits per heavy atom. The summed E-state index contributed by atoms with van der Waals surface area (Å²) in [5.74, 6) is -1.01. The van der Waals surface area contributed by atoms with Crippen LogP contribution in [0.3, 0.4) is 0 Å². The summed E-state index contributed by atoms with van der Waals surface area (Å²) in [6.45, 7) is 6.38. The number of unbranched alkanes of at least 4 members (excludes halogenated alkanes) is 16. The first-order valence-corrected chi connectivity index (χ1v) is 27.0. The summed E-state index contributed by atoms with van der Waals surface area (Å²) < 4.78 is 16.8. The number of rotatable bonds is 47. The molecule has 0 rings (SSSR count). The van der Waals surface area contributed by atoms with Crippen molar-refractivity contribution < 1.29 is 28.6 Å². The van der Waals surface area contributed by atoms with Crippen molar-refractivity contribution in [2.45, 2.75) is 232 Å². The van der Waals surface area contributed by atoms with Crippen molar-refractivity contribution in [1.82, 2.24) is 0 Å². The van der Waals surface area contributed by atoms with Gasteiger partial charge >= 0.3 is 17.9 Å². The van der Waals surface area contributed by atoms with Crippen LogP contribution in [0.5, 0.6) is 0 Å². The largest absolute Gasteiger partial charge is 0.462 e. The summed E-state index contributed by atoms with van der Waals surface area (Å²) in [5.41, 5.74) is 0. The molecule has 6 nitrogen and oxygen atoms in total. The maximum absolute atomic E-state index is 12.8. The Bertz CT molecular complexity index is 1360. The van der Waals surface area contributed by atoms with Crippen LogP contribution in [-0.4, -0.2) is 37.2 Å². The minimum atomic E-state index is -0.822. The quantitative estimate of drug-likeness (QED) is 0.0262. The lowest BCUT2D eigenvalue weighted by Gasteiger charge is -2.18. The van der Waals surface area contributed by atoms with Gasteiger partial charge in [-0.15, -0.1) is 0 Å². The second-order valence-electron chi connectivity index (χ2n) is 17.4. The molecular weight excluding hydrogens is 829 g/mol. The number of allylic oxidation sites excluding steroid dienone is 20. The zero-order valence-electron chi connectivity index (χ0n) is 43.1. The number of carbonyl (C=O) groups excluding carboxylic acids is 3. The van der Waals surface area contributed by atoms with Crippen molar-refractivity contribution >= 4 is 17.9 Å². The molecule has 6 heteroatoms. The van der Waals surface area contributed by atoms with Gasteiger partial charge in [-0.2, -0.15) is 0 Å². The molecule has 0 atom stereocenters. The van der Waals surface area contributed by atoms with Gasteiger partial charge in [0.15, 0.2) is 6.10 Å². The summed E-state index contributed by atoms with van der Waals surface area (Å²) in [7, 11) is 0. The van der Waals surface area contributed by atoms with Crippen LogP contribution >= 0.6 is 0 Å². The van der Waals surface area contributed by atoms with E-state index in [0.717, 1.165) is 128 Å². The maximum atomic E-state index is 12.8. The number of carbonyl (C=O) groups is 3. The van der Waals surface area contributed by atoms with Crippen LogP contribution < -0.4 is 0 Å². The van der Waals surface area contributed by atoms with Crippen molar-refractivity contribution in [3.63, 3.8) is 0 Å². The first kappa shape index (κ1) is 62.8. The van der Waals surface area contributed by atoms with E-state index in [1.165, 1.54) is 51.4 Å². The minimum absolute atomic E-state index is 0.117. The van der Waals surface area contributed by atoms with E-state index >= 15 is 0 Å². The molecule has 0 aliphatic heterocycles. The van der Waals surface area contributed by atoms with Gasteiger partial charge in [-0.1, -0.05) is 194 Å². The summed E-state index contributed by atoms with van der Waals surface area (Å²) >= 11 is 0. The lowest BCUT2D eigenvalue weighted by atomic mass is 10.1. The van der Waals surface area contributed by atoms with E-state index in [9.17, 15) is 14.4 Å². The molecule has 0 fully saturated rings. The fraction of sp³-hybridized carbons (Fsp3) is 0.623. The first-order chi connectivity index (χ1) is 33.0. The highest BCUT2D eigenvalue weighted by atomic mass is 16.6. The highest BCUT2D eigenvalue weighted by molar-refractivity contribution is 5.71. The van der Waals surface area contributed by atoms with E-state index in [1.54, 1.807) is 0 Å². The molecule has 0 aliphatic rings. The molecule has 378 valence electrons.